The first-order valence-corrected chi connectivity index (χ1v) is 8.79. The summed E-state index contributed by atoms with van der Waals surface area (Å²) in [6.07, 6.45) is 11.7. The fourth-order valence-electron chi connectivity index (χ4n) is 3.38. The molecule has 0 bridgehead atoms. The summed E-state index contributed by atoms with van der Waals surface area (Å²) in [5.41, 5.74) is 2.57. The van der Waals surface area contributed by atoms with Gasteiger partial charge < -0.3 is 14.8 Å². The van der Waals surface area contributed by atoms with E-state index in [0.717, 1.165) is 37.3 Å². The fourth-order valence-corrected chi connectivity index (χ4v) is 3.38. The van der Waals surface area contributed by atoms with E-state index in [9.17, 15) is 0 Å². The van der Waals surface area contributed by atoms with Gasteiger partial charge in [0.05, 0.1) is 14.2 Å². The van der Waals surface area contributed by atoms with Gasteiger partial charge in [-0.15, -0.1) is 0 Å². The lowest BCUT2D eigenvalue weighted by Gasteiger charge is -2.22. The number of benzene rings is 1. The number of nitrogens with zero attached hydrogens (tertiary/aromatic N) is 1. The van der Waals surface area contributed by atoms with E-state index in [2.05, 4.69) is 40.7 Å². The van der Waals surface area contributed by atoms with E-state index in [-0.39, 0.29) is 0 Å². The zero-order valence-corrected chi connectivity index (χ0v) is 14.9. The van der Waals surface area contributed by atoms with Crippen molar-refractivity contribution < 1.29 is 9.47 Å². The Balaban J connectivity index is 1.63. The molecule has 1 aromatic heterocycles. The van der Waals surface area contributed by atoms with Crippen LogP contribution in [0.4, 0.5) is 0 Å². The Hall–Kier alpha value is -2.33. The molecule has 0 fully saturated rings. The maximum Gasteiger partial charge on any atom is 0.161 e. The number of methoxy groups -OCH3 is 2. The summed E-state index contributed by atoms with van der Waals surface area (Å²) < 4.78 is 10.7. The molecule has 0 amide bonds. The van der Waals surface area contributed by atoms with Crippen molar-refractivity contribution in [2.45, 2.75) is 37.8 Å². The number of ether oxygens (including phenoxy) is 2. The van der Waals surface area contributed by atoms with Crippen molar-refractivity contribution in [3.8, 4) is 11.5 Å². The first-order chi connectivity index (χ1) is 12.3. The summed E-state index contributed by atoms with van der Waals surface area (Å²) in [4.78, 5) is 4.13. The maximum absolute atomic E-state index is 5.39. The minimum atomic E-state index is 0.463. The average molecular weight is 338 g/mol. The fraction of sp³-hybridized carbons (Fsp3) is 0.381. The molecule has 4 heteroatoms. The Labute approximate surface area is 149 Å². The molecule has 2 aromatic rings. The third kappa shape index (κ3) is 4.60. The summed E-state index contributed by atoms with van der Waals surface area (Å²) in [7, 11) is 3.33. The van der Waals surface area contributed by atoms with Gasteiger partial charge >= 0.3 is 0 Å². The molecule has 1 N–H and O–H groups in total. The third-order valence-corrected chi connectivity index (χ3v) is 4.80. The van der Waals surface area contributed by atoms with Crippen LogP contribution in [0.5, 0.6) is 11.5 Å². The second-order valence-electron chi connectivity index (χ2n) is 6.42. The molecule has 0 aliphatic heterocycles. The lowest BCUT2D eigenvalue weighted by atomic mass is 9.91. The van der Waals surface area contributed by atoms with Crippen molar-refractivity contribution in [1.29, 1.82) is 0 Å². The highest BCUT2D eigenvalue weighted by molar-refractivity contribution is 5.42. The Bertz CT molecular complexity index is 700. The Kier molecular flexibility index (Phi) is 6.07. The van der Waals surface area contributed by atoms with Gasteiger partial charge in [-0.3, -0.25) is 4.98 Å². The first kappa shape index (κ1) is 17.5. The quantitative estimate of drug-likeness (QED) is 0.806. The van der Waals surface area contributed by atoms with Gasteiger partial charge in [0.25, 0.3) is 0 Å². The molecule has 0 radical (unpaired) electrons. The first-order valence-electron chi connectivity index (χ1n) is 8.79. The van der Waals surface area contributed by atoms with Gasteiger partial charge in [0.15, 0.2) is 11.5 Å². The van der Waals surface area contributed by atoms with Crippen molar-refractivity contribution in [2.24, 2.45) is 0 Å². The van der Waals surface area contributed by atoms with Crippen LogP contribution in [0, 0.1) is 0 Å². The number of nitrogens with one attached hydrogen (secondary N) is 1. The zero-order valence-electron chi connectivity index (χ0n) is 14.9. The number of allylic oxidation sites excluding steroid dienone is 1. The molecule has 1 aliphatic rings. The van der Waals surface area contributed by atoms with Crippen LogP contribution in [0.2, 0.25) is 0 Å². The van der Waals surface area contributed by atoms with Crippen molar-refractivity contribution in [3.05, 3.63) is 66.0 Å². The molecule has 25 heavy (non-hydrogen) atoms. The highest BCUT2D eigenvalue weighted by Gasteiger charge is 2.19. The van der Waals surface area contributed by atoms with Crippen LogP contribution in [0.3, 0.4) is 0 Å². The van der Waals surface area contributed by atoms with Crippen molar-refractivity contribution in [2.75, 3.05) is 14.2 Å². The number of pyridine rings is 1. The largest absolute Gasteiger partial charge is 0.493 e. The van der Waals surface area contributed by atoms with E-state index in [0.29, 0.717) is 12.0 Å². The highest BCUT2D eigenvalue weighted by atomic mass is 16.5. The van der Waals surface area contributed by atoms with E-state index >= 15 is 0 Å². The van der Waals surface area contributed by atoms with Crippen LogP contribution in [-0.4, -0.2) is 25.2 Å². The molecular weight excluding hydrogens is 312 g/mol. The van der Waals surface area contributed by atoms with Crippen molar-refractivity contribution in [3.63, 3.8) is 0 Å². The predicted octanol–water partition coefficient (Wildman–Crippen LogP) is 4.08. The van der Waals surface area contributed by atoms with Crippen LogP contribution in [0.15, 0.2) is 54.9 Å². The number of aromatic nitrogens is 1. The van der Waals surface area contributed by atoms with Gasteiger partial charge in [-0.1, -0.05) is 18.2 Å². The topological polar surface area (TPSA) is 43.4 Å². The summed E-state index contributed by atoms with van der Waals surface area (Å²) in [5.74, 6) is 2.09. The Morgan fingerprint density at radius 3 is 2.52 bits per heavy atom. The second-order valence-corrected chi connectivity index (χ2v) is 6.42. The smallest absolute Gasteiger partial charge is 0.161 e. The van der Waals surface area contributed by atoms with Crippen LogP contribution in [0.1, 0.15) is 36.3 Å². The van der Waals surface area contributed by atoms with Gasteiger partial charge in [0.2, 0.25) is 0 Å². The molecule has 3 rings (SSSR count). The van der Waals surface area contributed by atoms with E-state index < -0.39 is 0 Å². The zero-order chi connectivity index (χ0) is 17.5. The molecular formula is C21H26N2O2. The summed E-state index contributed by atoms with van der Waals surface area (Å²) in [6.45, 7) is 0.821. The predicted molar refractivity (Wildman–Crippen MR) is 100 cm³/mol. The molecule has 1 aliphatic carbocycles. The Morgan fingerprint density at radius 1 is 1.00 bits per heavy atom. The van der Waals surface area contributed by atoms with E-state index in [1.54, 1.807) is 14.2 Å². The number of hydrogen-bond acceptors (Lipinski definition) is 4. The van der Waals surface area contributed by atoms with Gasteiger partial charge in [0.1, 0.15) is 0 Å². The average Bonchev–Trinajstić information content (AvgIpc) is 2.92. The number of hydrogen-bond donors (Lipinski definition) is 1. The number of rotatable bonds is 6. The van der Waals surface area contributed by atoms with Crippen molar-refractivity contribution in [1.82, 2.24) is 10.3 Å². The van der Waals surface area contributed by atoms with E-state index in [4.69, 9.17) is 9.47 Å². The summed E-state index contributed by atoms with van der Waals surface area (Å²) in [6, 6.07) is 10.8. The van der Waals surface area contributed by atoms with E-state index in [1.165, 1.54) is 11.1 Å². The second kappa shape index (κ2) is 8.67. The molecule has 132 valence electrons. The van der Waals surface area contributed by atoms with Gasteiger partial charge in [-0.05, 0) is 60.6 Å². The van der Waals surface area contributed by atoms with Gasteiger partial charge in [0, 0.05) is 25.0 Å². The molecule has 0 saturated carbocycles. The van der Waals surface area contributed by atoms with Gasteiger partial charge in [-0.25, -0.2) is 0 Å². The monoisotopic (exact) mass is 338 g/mol. The lowest BCUT2D eigenvalue weighted by molar-refractivity contribution is 0.354. The molecule has 2 unspecified atom stereocenters. The summed E-state index contributed by atoms with van der Waals surface area (Å²) in [5, 5.41) is 3.70. The SMILES string of the molecule is COc1ccc(CNC2CC=CCC(c3ccncc3)C2)cc1OC. The van der Waals surface area contributed by atoms with Crippen molar-refractivity contribution >= 4 is 0 Å². The molecule has 0 spiro atoms. The lowest BCUT2D eigenvalue weighted by Crippen LogP contribution is -2.29. The van der Waals surface area contributed by atoms with Crippen LogP contribution in [-0.2, 0) is 6.54 Å². The molecule has 2 atom stereocenters. The maximum atomic E-state index is 5.39. The minimum absolute atomic E-state index is 0.463. The third-order valence-electron chi connectivity index (χ3n) is 4.80. The summed E-state index contributed by atoms with van der Waals surface area (Å²) >= 11 is 0. The molecule has 4 nitrogen and oxygen atoms in total. The normalized spacial score (nSPS) is 20.1. The highest BCUT2D eigenvalue weighted by Crippen LogP contribution is 2.30. The molecule has 0 saturated heterocycles. The van der Waals surface area contributed by atoms with Crippen LogP contribution < -0.4 is 14.8 Å². The van der Waals surface area contributed by atoms with E-state index in [1.807, 2.05) is 24.5 Å². The van der Waals surface area contributed by atoms with Crippen LogP contribution >= 0.6 is 0 Å². The standard InChI is InChI=1S/C21H26N2O2/c1-24-20-8-7-16(13-21(20)25-2)15-23-19-6-4-3-5-18(14-19)17-9-11-22-12-10-17/h3-4,7-13,18-19,23H,5-6,14-15H2,1-2H3. The van der Waals surface area contributed by atoms with Gasteiger partial charge in [-0.2, -0.15) is 0 Å². The van der Waals surface area contributed by atoms with Crippen LogP contribution in [0.25, 0.3) is 0 Å². The minimum Gasteiger partial charge on any atom is -0.493 e. The molecule has 1 heterocycles. The Morgan fingerprint density at radius 2 is 1.76 bits per heavy atom. The molecule has 1 aromatic carbocycles.